The Hall–Kier alpha value is -4.40. The molecule has 3 rings (SSSR count). The first-order chi connectivity index (χ1) is 15.5. The molecule has 0 atom stereocenters. The van der Waals surface area contributed by atoms with Crippen molar-refractivity contribution in [1.29, 1.82) is 0 Å². The Morgan fingerprint density at radius 1 is 0.938 bits per heavy atom. The highest BCUT2D eigenvalue weighted by Crippen LogP contribution is 2.16. The van der Waals surface area contributed by atoms with Gasteiger partial charge in [-0.3, -0.25) is 9.59 Å². The largest absolute Gasteiger partial charge is 0.494 e. The van der Waals surface area contributed by atoms with Gasteiger partial charge in [-0.05, 0) is 80.1 Å². The summed E-state index contributed by atoms with van der Waals surface area (Å²) in [5.74, 6) is -1.30. The van der Waals surface area contributed by atoms with Crippen molar-refractivity contribution in [2.45, 2.75) is 13.8 Å². The molecule has 2 amide bonds. The molecule has 0 aliphatic carbocycles. The molecule has 0 aliphatic heterocycles. The molecule has 9 nitrogen and oxygen atoms in total. The highest BCUT2D eigenvalue weighted by molar-refractivity contribution is 6.39. The number of carbonyl (C=O) groups is 3. The predicted octanol–water partition coefficient (Wildman–Crippen LogP) is 3.38. The van der Waals surface area contributed by atoms with Crippen LogP contribution in [0.4, 0.5) is 5.69 Å². The zero-order chi connectivity index (χ0) is 22.9. The molecule has 0 radical (unpaired) electrons. The second-order valence-electron chi connectivity index (χ2n) is 6.44. The van der Waals surface area contributed by atoms with Gasteiger partial charge < -0.3 is 19.2 Å². The van der Waals surface area contributed by atoms with Crippen LogP contribution in [0, 0.1) is 0 Å². The number of benzene rings is 2. The first-order valence-corrected chi connectivity index (χ1v) is 9.71. The van der Waals surface area contributed by atoms with Crippen LogP contribution in [-0.2, 0) is 9.59 Å². The standard InChI is InChI=1S/C23H21N3O6/c1-3-30-18-12-8-17(9-13-18)24-21(27)22(28)26-25-15(2)16-6-10-19(11-7-16)32-23(29)20-5-4-14-31-20/h4-14H,3H2,1-2H3,(H,24,27)(H,26,28)/b25-15+. The molecule has 1 heterocycles. The Labute approximate surface area is 184 Å². The van der Waals surface area contributed by atoms with Crippen molar-refractivity contribution in [2.75, 3.05) is 11.9 Å². The van der Waals surface area contributed by atoms with Crippen molar-refractivity contribution in [1.82, 2.24) is 5.43 Å². The summed E-state index contributed by atoms with van der Waals surface area (Å²) in [6.07, 6.45) is 1.38. The summed E-state index contributed by atoms with van der Waals surface area (Å²) >= 11 is 0. The molecule has 0 aliphatic rings. The first kappa shape index (κ1) is 22.3. The van der Waals surface area contributed by atoms with Gasteiger partial charge in [-0.1, -0.05) is 0 Å². The maximum atomic E-state index is 12.0. The summed E-state index contributed by atoms with van der Waals surface area (Å²) in [4.78, 5) is 35.9. The van der Waals surface area contributed by atoms with Gasteiger partial charge in [0.25, 0.3) is 0 Å². The maximum Gasteiger partial charge on any atom is 0.379 e. The Balaban J connectivity index is 1.53. The maximum absolute atomic E-state index is 12.0. The molecule has 0 unspecified atom stereocenters. The SMILES string of the molecule is CCOc1ccc(NC(=O)C(=O)N/N=C(\C)c2ccc(OC(=O)c3ccco3)cc2)cc1. The Morgan fingerprint density at radius 2 is 1.62 bits per heavy atom. The average molecular weight is 435 g/mol. The summed E-state index contributed by atoms with van der Waals surface area (Å²) in [5.41, 5.74) is 3.78. The van der Waals surface area contributed by atoms with Gasteiger partial charge in [0, 0.05) is 5.69 Å². The third kappa shape index (κ3) is 6.05. The van der Waals surface area contributed by atoms with Gasteiger partial charge in [0.05, 0.1) is 18.6 Å². The van der Waals surface area contributed by atoms with Crippen molar-refractivity contribution < 1.29 is 28.3 Å². The van der Waals surface area contributed by atoms with Crippen LogP contribution < -0.4 is 20.2 Å². The topological polar surface area (TPSA) is 119 Å². The molecular weight excluding hydrogens is 414 g/mol. The van der Waals surface area contributed by atoms with Crippen LogP contribution in [0.2, 0.25) is 0 Å². The van der Waals surface area contributed by atoms with E-state index in [1.165, 1.54) is 12.3 Å². The van der Waals surface area contributed by atoms with Gasteiger partial charge >= 0.3 is 17.8 Å². The van der Waals surface area contributed by atoms with E-state index in [1.807, 2.05) is 6.92 Å². The van der Waals surface area contributed by atoms with Gasteiger partial charge in [0.1, 0.15) is 11.5 Å². The summed E-state index contributed by atoms with van der Waals surface area (Å²) < 4.78 is 15.5. The Kier molecular flexibility index (Phi) is 7.37. The normalized spacial score (nSPS) is 10.9. The van der Waals surface area contributed by atoms with E-state index in [0.29, 0.717) is 35.1 Å². The highest BCUT2D eigenvalue weighted by Gasteiger charge is 2.14. The van der Waals surface area contributed by atoms with Crippen molar-refractivity contribution in [3.8, 4) is 11.5 Å². The van der Waals surface area contributed by atoms with Crippen LogP contribution in [-0.4, -0.2) is 30.1 Å². The predicted molar refractivity (Wildman–Crippen MR) is 117 cm³/mol. The van der Waals surface area contributed by atoms with Gasteiger partial charge in [0.15, 0.2) is 0 Å². The molecule has 32 heavy (non-hydrogen) atoms. The monoisotopic (exact) mass is 435 g/mol. The smallest absolute Gasteiger partial charge is 0.379 e. The fraction of sp³-hybridized carbons (Fsp3) is 0.130. The van der Waals surface area contributed by atoms with Gasteiger partial charge in [-0.15, -0.1) is 0 Å². The number of hydrogen-bond acceptors (Lipinski definition) is 7. The van der Waals surface area contributed by atoms with E-state index >= 15 is 0 Å². The molecule has 164 valence electrons. The number of amides is 2. The lowest BCUT2D eigenvalue weighted by molar-refractivity contribution is -0.136. The number of rotatable bonds is 7. The van der Waals surface area contributed by atoms with E-state index in [4.69, 9.17) is 13.9 Å². The van der Waals surface area contributed by atoms with Crippen LogP contribution >= 0.6 is 0 Å². The molecular formula is C23H21N3O6. The summed E-state index contributed by atoms with van der Waals surface area (Å²) in [5, 5.41) is 6.42. The van der Waals surface area contributed by atoms with Crippen LogP contribution in [0.25, 0.3) is 0 Å². The van der Waals surface area contributed by atoms with Crippen molar-refractivity contribution >= 4 is 29.2 Å². The zero-order valence-corrected chi connectivity index (χ0v) is 17.5. The van der Waals surface area contributed by atoms with Gasteiger partial charge in [-0.2, -0.15) is 5.10 Å². The number of hydrogen-bond donors (Lipinski definition) is 2. The minimum absolute atomic E-state index is 0.0954. The number of nitrogens with zero attached hydrogens (tertiary/aromatic N) is 1. The van der Waals surface area contributed by atoms with E-state index in [9.17, 15) is 14.4 Å². The number of hydrazone groups is 1. The summed E-state index contributed by atoms with van der Waals surface area (Å²) in [7, 11) is 0. The second-order valence-corrected chi connectivity index (χ2v) is 6.44. The second kappa shape index (κ2) is 10.6. The van der Waals surface area contributed by atoms with Crippen molar-refractivity contribution in [3.05, 3.63) is 78.3 Å². The number of carbonyl (C=O) groups excluding carboxylic acids is 3. The Bertz CT molecular complexity index is 1100. The number of ether oxygens (including phenoxy) is 2. The average Bonchev–Trinajstić information content (AvgIpc) is 3.34. The third-order valence-corrected chi connectivity index (χ3v) is 4.16. The molecule has 0 bridgehead atoms. The van der Waals surface area contributed by atoms with Crippen molar-refractivity contribution in [2.24, 2.45) is 5.10 Å². The van der Waals surface area contributed by atoms with Crippen molar-refractivity contribution in [3.63, 3.8) is 0 Å². The molecule has 2 N–H and O–H groups in total. The zero-order valence-electron chi connectivity index (χ0n) is 17.5. The lowest BCUT2D eigenvalue weighted by Gasteiger charge is -2.07. The van der Waals surface area contributed by atoms with E-state index in [-0.39, 0.29) is 5.76 Å². The van der Waals surface area contributed by atoms with E-state index in [1.54, 1.807) is 61.5 Å². The molecule has 3 aromatic rings. The number of furan rings is 1. The lowest BCUT2D eigenvalue weighted by atomic mass is 10.1. The van der Waals surface area contributed by atoms with E-state index in [0.717, 1.165) is 0 Å². The Morgan fingerprint density at radius 3 is 2.25 bits per heavy atom. The minimum Gasteiger partial charge on any atom is -0.494 e. The summed E-state index contributed by atoms with van der Waals surface area (Å²) in [6.45, 7) is 4.06. The third-order valence-electron chi connectivity index (χ3n) is 4.16. The molecule has 0 saturated heterocycles. The quantitative estimate of drug-likeness (QED) is 0.193. The van der Waals surface area contributed by atoms with Gasteiger partial charge in [0.2, 0.25) is 5.76 Å². The first-order valence-electron chi connectivity index (χ1n) is 9.71. The molecule has 1 aromatic heterocycles. The van der Waals surface area contributed by atoms with Crippen LogP contribution in [0.15, 0.2) is 76.4 Å². The number of anilines is 1. The lowest BCUT2D eigenvalue weighted by Crippen LogP contribution is -2.32. The molecule has 0 fully saturated rings. The summed E-state index contributed by atoms with van der Waals surface area (Å²) in [6, 6.07) is 16.2. The molecule has 0 saturated carbocycles. The minimum atomic E-state index is -0.915. The van der Waals surface area contributed by atoms with Crippen LogP contribution in [0.5, 0.6) is 11.5 Å². The van der Waals surface area contributed by atoms with Gasteiger partial charge in [-0.25, -0.2) is 10.2 Å². The fourth-order valence-corrected chi connectivity index (χ4v) is 2.56. The highest BCUT2D eigenvalue weighted by atomic mass is 16.5. The number of esters is 1. The molecule has 2 aromatic carbocycles. The van der Waals surface area contributed by atoms with Crippen LogP contribution in [0.1, 0.15) is 30.0 Å². The van der Waals surface area contributed by atoms with E-state index < -0.39 is 17.8 Å². The van der Waals surface area contributed by atoms with E-state index in [2.05, 4.69) is 15.8 Å². The molecule has 0 spiro atoms. The van der Waals surface area contributed by atoms with Crippen LogP contribution in [0.3, 0.4) is 0 Å². The fourth-order valence-electron chi connectivity index (χ4n) is 2.56. The number of nitrogens with one attached hydrogen (secondary N) is 2. The molecule has 9 heteroatoms.